The Morgan fingerprint density at radius 3 is 2.81 bits per heavy atom. The summed E-state index contributed by atoms with van der Waals surface area (Å²) >= 11 is 0. The Kier molecular flexibility index (Phi) is 3.06. The van der Waals surface area contributed by atoms with Crippen LogP contribution in [0.15, 0.2) is 36.5 Å². The van der Waals surface area contributed by atoms with Crippen molar-refractivity contribution >= 4 is 0 Å². The number of benzene rings is 1. The third-order valence-corrected chi connectivity index (χ3v) is 2.62. The van der Waals surface area contributed by atoms with Crippen molar-refractivity contribution in [2.75, 3.05) is 0 Å². The van der Waals surface area contributed by atoms with E-state index in [1.165, 1.54) is 5.56 Å². The first-order valence-corrected chi connectivity index (χ1v) is 5.55. The summed E-state index contributed by atoms with van der Waals surface area (Å²) in [4.78, 5) is 0. The van der Waals surface area contributed by atoms with Crippen LogP contribution in [-0.4, -0.2) is 9.78 Å². The molecule has 1 aromatic carbocycles. The zero-order chi connectivity index (χ0) is 11.5. The van der Waals surface area contributed by atoms with Gasteiger partial charge in [-0.25, -0.2) is 0 Å². The summed E-state index contributed by atoms with van der Waals surface area (Å²) in [5.41, 5.74) is 9.11. The van der Waals surface area contributed by atoms with E-state index in [1.54, 1.807) is 0 Å². The van der Waals surface area contributed by atoms with E-state index in [-0.39, 0.29) is 0 Å². The fourth-order valence-electron chi connectivity index (χ4n) is 1.81. The Morgan fingerprint density at radius 1 is 1.31 bits per heavy atom. The molecule has 0 amide bonds. The molecule has 0 bridgehead atoms. The van der Waals surface area contributed by atoms with Gasteiger partial charge in [-0.2, -0.15) is 5.10 Å². The highest BCUT2D eigenvalue weighted by Crippen LogP contribution is 2.22. The van der Waals surface area contributed by atoms with Gasteiger partial charge in [0.25, 0.3) is 0 Å². The molecular weight excluding hydrogens is 198 g/mol. The van der Waals surface area contributed by atoms with Crippen molar-refractivity contribution in [1.82, 2.24) is 9.78 Å². The summed E-state index contributed by atoms with van der Waals surface area (Å²) in [6.45, 7) is 4.83. The number of nitrogens with two attached hydrogens (primary N) is 1. The second-order valence-electron chi connectivity index (χ2n) is 4.16. The average molecular weight is 215 g/mol. The predicted octanol–water partition coefficient (Wildman–Crippen LogP) is 2.59. The van der Waals surface area contributed by atoms with E-state index in [0.717, 1.165) is 11.3 Å². The Balaban J connectivity index is 2.46. The fourth-order valence-corrected chi connectivity index (χ4v) is 1.81. The Hall–Kier alpha value is -1.61. The minimum atomic E-state index is 0.367. The zero-order valence-corrected chi connectivity index (χ0v) is 9.72. The average Bonchev–Trinajstić information content (AvgIpc) is 2.78. The third kappa shape index (κ3) is 1.99. The van der Waals surface area contributed by atoms with Gasteiger partial charge in [0.05, 0.1) is 5.69 Å². The molecule has 0 spiro atoms. The van der Waals surface area contributed by atoms with Crippen molar-refractivity contribution in [3.05, 3.63) is 42.1 Å². The van der Waals surface area contributed by atoms with E-state index in [2.05, 4.69) is 31.1 Å². The summed E-state index contributed by atoms with van der Waals surface area (Å²) in [7, 11) is 0. The smallest absolute Gasteiger partial charge is 0.0685 e. The van der Waals surface area contributed by atoms with Gasteiger partial charge in [-0.3, -0.25) is 4.68 Å². The molecule has 0 aliphatic heterocycles. The maximum Gasteiger partial charge on any atom is 0.0685 e. The first-order chi connectivity index (χ1) is 7.72. The van der Waals surface area contributed by atoms with E-state index in [0.29, 0.717) is 12.6 Å². The summed E-state index contributed by atoms with van der Waals surface area (Å²) in [5.74, 6) is 0. The van der Waals surface area contributed by atoms with E-state index in [4.69, 9.17) is 5.73 Å². The minimum absolute atomic E-state index is 0.367. The van der Waals surface area contributed by atoms with Gasteiger partial charge in [0.15, 0.2) is 0 Å². The van der Waals surface area contributed by atoms with E-state index < -0.39 is 0 Å². The van der Waals surface area contributed by atoms with Crippen LogP contribution < -0.4 is 5.73 Å². The molecule has 0 aliphatic carbocycles. The van der Waals surface area contributed by atoms with Crippen molar-refractivity contribution < 1.29 is 0 Å². The first kappa shape index (κ1) is 10.9. The van der Waals surface area contributed by atoms with Gasteiger partial charge < -0.3 is 5.73 Å². The van der Waals surface area contributed by atoms with Gasteiger partial charge in [-0.1, -0.05) is 18.2 Å². The van der Waals surface area contributed by atoms with Gasteiger partial charge in [-0.05, 0) is 31.5 Å². The molecule has 16 heavy (non-hydrogen) atoms. The van der Waals surface area contributed by atoms with E-state index in [1.807, 2.05) is 29.1 Å². The third-order valence-electron chi connectivity index (χ3n) is 2.62. The summed E-state index contributed by atoms with van der Waals surface area (Å²) in [5, 5.41) is 4.33. The van der Waals surface area contributed by atoms with Crippen molar-refractivity contribution in [3.63, 3.8) is 0 Å². The molecule has 84 valence electrons. The van der Waals surface area contributed by atoms with Crippen LogP contribution in [0.5, 0.6) is 0 Å². The molecule has 0 radical (unpaired) electrons. The van der Waals surface area contributed by atoms with E-state index >= 15 is 0 Å². The van der Waals surface area contributed by atoms with Crippen LogP contribution in [0.1, 0.15) is 25.5 Å². The van der Waals surface area contributed by atoms with Gasteiger partial charge >= 0.3 is 0 Å². The summed E-state index contributed by atoms with van der Waals surface area (Å²) < 4.78 is 2.02. The first-order valence-electron chi connectivity index (χ1n) is 5.55. The van der Waals surface area contributed by atoms with Crippen molar-refractivity contribution in [2.45, 2.75) is 26.4 Å². The molecule has 3 nitrogen and oxygen atoms in total. The second kappa shape index (κ2) is 4.49. The standard InChI is InChI=1S/C13H17N3/c1-10(2)16-13(6-7-15-16)12-5-3-4-11(8-12)9-14/h3-8,10H,9,14H2,1-2H3. The normalized spacial score (nSPS) is 11.0. The lowest BCUT2D eigenvalue weighted by atomic mass is 10.1. The molecule has 1 heterocycles. The van der Waals surface area contributed by atoms with Crippen molar-refractivity contribution in [3.8, 4) is 11.3 Å². The highest BCUT2D eigenvalue weighted by molar-refractivity contribution is 5.60. The number of hydrogen-bond acceptors (Lipinski definition) is 2. The molecule has 0 atom stereocenters. The molecule has 0 aliphatic rings. The molecular formula is C13H17N3. The monoisotopic (exact) mass is 215 g/mol. The maximum atomic E-state index is 5.65. The molecule has 2 aromatic rings. The predicted molar refractivity (Wildman–Crippen MR) is 65.9 cm³/mol. The molecule has 1 aromatic heterocycles. The van der Waals surface area contributed by atoms with Gasteiger partial charge in [0.2, 0.25) is 0 Å². The largest absolute Gasteiger partial charge is 0.326 e. The lowest BCUT2D eigenvalue weighted by Gasteiger charge is -2.11. The number of rotatable bonds is 3. The highest BCUT2D eigenvalue weighted by atomic mass is 15.3. The zero-order valence-electron chi connectivity index (χ0n) is 9.72. The van der Waals surface area contributed by atoms with Crippen LogP contribution in [0.2, 0.25) is 0 Å². The lowest BCUT2D eigenvalue weighted by Crippen LogP contribution is -2.04. The number of nitrogens with zero attached hydrogens (tertiary/aromatic N) is 2. The molecule has 2 rings (SSSR count). The summed E-state index contributed by atoms with van der Waals surface area (Å²) in [6.07, 6.45) is 1.84. The maximum absolute atomic E-state index is 5.65. The molecule has 0 saturated carbocycles. The Bertz CT molecular complexity index is 472. The van der Waals surface area contributed by atoms with Crippen LogP contribution in [-0.2, 0) is 6.54 Å². The van der Waals surface area contributed by atoms with Gasteiger partial charge in [0, 0.05) is 24.3 Å². The quantitative estimate of drug-likeness (QED) is 0.855. The Labute approximate surface area is 95.9 Å². The van der Waals surface area contributed by atoms with Crippen LogP contribution in [0.25, 0.3) is 11.3 Å². The topological polar surface area (TPSA) is 43.8 Å². The van der Waals surface area contributed by atoms with Crippen LogP contribution in [0.3, 0.4) is 0 Å². The molecule has 2 N–H and O–H groups in total. The summed E-state index contributed by atoms with van der Waals surface area (Å²) in [6, 6.07) is 10.7. The molecule has 3 heteroatoms. The van der Waals surface area contributed by atoms with Gasteiger partial charge in [-0.15, -0.1) is 0 Å². The van der Waals surface area contributed by atoms with Crippen molar-refractivity contribution in [1.29, 1.82) is 0 Å². The number of aromatic nitrogens is 2. The fraction of sp³-hybridized carbons (Fsp3) is 0.308. The second-order valence-corrected chi connectivity index (χ2v) is 4.16. The molecule has 0 unspecified atom stereocenters. The van der Waals surface area contributed by atoms with Crippen LogP contribution in [0, 0.1) is 0 Å². The Morgan fingerprint density at radius 2 is 2.12 bits per heavy atom. The number of hydrogen-bond donors (Lipinski definition) is 1. The lowest BCUT2D eigenvalue weighted by molar-refractivity contribution is 0.538. The van der Waals surface area contributed by atoms with Gasteiger partial charge in [0.1, 0.15) is 0 Å². The van der Waals surface area contributed by atoms with E-state index in [9.17, 15) is 0 Å². The van der Waals surface area contributed by atoms with Crippen molar-refractivity contribution in [2.24, 2.45) is 5.73 Å². The van der Waals surface area contributed by atoms with Crippen LogP contribution in [0.4, 0.5) is 0 Å². The molecule has 0 fully saturated rings. The minimum Gasteiger partial charge on any atom is -0.326 e. The molecule has 0 saturated heterocycles. The van der Waals surface area contributed by atoms with Crippen LogP contribution >= 0.6 is 0 Å². The highest BCUT2D eigenvalue weighted by Gasteiger charge is 2.07. The SMILES string of the molecule is CC(C)n1nccc1-c1cccc(CN)c1.